The van der Waals surface area contributed by atoms with Crippen molar-refractivity contribution in [2.45, 2.75) is 58.8 Å². The first-order valence-electron chi connectivity index (χ1n) is 8.90. The molecule has 0 fully saturated rings. The van der Waals surface area contributed by atoms with Crippen LogP contribution in [0.1, 0.15) is 39.7 Å². The van der Waals surface area contributed by atoms with Crippen LogP contribution in [0.2, 0.25) is 0 Å². The van der Waals surface area contributed by atoms with Gasteiger partial charge in [0, 0.05) is 0 Å². The number of ether oxygens (including phenoxy) is 3. The summed E-state index contributed by atoms with van der Waals surface area (Å²) in [5, 5.41) is 18.8. The van der Waals surface area contributed by atoms with Crippen LogP contribution in [0.5, 0.6) is 11.5 Å². The molecule has 0 radical (unpaired) electrons. The molecule has 0 heterocycles. The Labute approximate surface area is 159 Å². The van der Waals surface area contributed by atoms with Crippen molar-refractivity contribution in [3.8, 4) is 11.5 Å². The van der Waals surface area contributed by atoms with Gasteiger partial charge in [0.05, 0.1) is 6.61 Å². The number of esters is 1. The summed E-state index contributed by atoms with van der Waals surface area (Å²) in [6.07, 6.45) is -1.38. The molecule has 0 unspecified atom stereocenters. The van der Waals surface area contributed by atoms with Crippen molar-refractivity contribution < 1.29 is 34.0 Å². The van der Waals surface area contributed by atoms with E-state index in [4.69, 9.17) is 19.9 Å². The fraction of sp³-hybridized carbons (Fsp3) is 0.579. The van der Waals surface area contributed by atoms with Gasteiger partial charge >= 0.3 is 12.1 Å². The van der Waals surface area contributed by atoms with E-state index in [1.54, 1.807) is 19.9 Å². The van der Waals surface area contributed by atoms with E-state index in [2.05, 4.69) is 0 Å². The third-order valence-electron chi connectivity index (χ3n) is 3.96. The molecule has 1 rings (SSSR count). The van der Waals surface area contributed by atoms with Crippen molar-refractivity contribution in [2.75, 3.05) is 6.61 Å². The zero-order chi connectivity index (χ0) is 20.6. The van der Waals surface area contributed by atoms with E-state index < -0.39 is 30.4 Å². The van der Waals surface area contributed by atoms with Crippen LogP contribution < -0.4 is 5.73 Å². The molecule has 1 aromatic rings. The van der Waals surface area contributed by atoms with Crippen molar-refractivity contribution in [2.24, 2.45) is 11.7 Å². The van der Waals surface area contributed by atoms with E-state index in [0.717, 1.165) is 6.42 Å². The fourth-order valence-electron chi connectivity index (χ4n) is 2.06. The summed E-state index contributed by atoms with van der Waals surface area (Å²) in [5.74, 6) is -0.806. The first kappa shape index (κ1) is 22.6. The van der Waals surface area contributed by atoms with E-state index >= 15 is 0 Å². The number of aromatic hydroxyl groups is 2. The fourth-order valence-corrected chi connectivity index (χ4v) is 2.06. The molecule has 1 aromatic carbocycles. The molecule has 0 bridgehead atoms. The summed E-state index contributed by atoms with van der Waals surface area (Å²) >= 11 is 0. The molecule has 152 valence electrons. The van der Waals surface area contributed by atoms with Gasteiger partial charge in [0.15, 0.2) is 11.5 Å². The van der Waals surface area contributed by atoms with Gasteiger partial charge in [-0.15, -0.1) is 0 Å². The molecule has 0 saturated heterocycles. The van der Waals surface area contributed by atoms with Crippen LogP contribution in [0.25, 0.3) is 0 Å². The second-order valence-electron chi connectivity index (χ2n) is 6.88. The molecule has 3 atom stereocenters. The Balaban J connectivity index is 2.44. The highest BCUT2D eigenvalue weighted by molar-refractivity contribution is 5.76. The highest BCUT2D eigenvalue weighted by Crippen LogP contribution is 2.25. The predicted molar refractivity (Wildman–Crippen MR) is 98.4 cm³/mol. The van der Waals surface area contributed by atoms with Crippen molar-refractivity contribution in [1.82, 2.24) is 0 Å². The maximum atomic E-state index is 12.1. The highest BCUT2D eigenvalue weighted by atomic mass is 16.7. The summed E-state index contributed by atoms with van der Waals surface area (Å²) in [5.41, 5.74) is 6.40. The van der Waals surface area contributed by atoms with Crippen molar-refractivity contribution in [1.29, 1.82) is 0 Å². The lowest BCUT2D eigenvalue weighted by Crippen LogP contribution is -2.39. The summed E-state index contributed by atoms with van der Waals surface area (Å²) in [7, 11) is 0. The average Bonchev–Trinajstić information content (AvgIpc) is 2.57. The van der Waals surface area contributed by atoms with E-state index in [-0.39, 0.29) is 24.5 Å². The van der Waals surface area contributed by atoms with Gasteiger partial charge in [-0.25, -0.2) is 4.79 Å². The van der Waals surface area contributed by atoms with Gasteiger partial charge in [0.1, 0.15) is 18.2 Å². The van der Waals surface area contributed by atoms with E-state index in [1.807, 2.05) is 13.8 Å². The van der Waals surface area contributed by atoms with Crippen LogP contribution in [0.15, 0.2) is 18.2 Å². The molecule has 8 heteroatoms. The number of hydrogen-bond donors (Lipinski definition) is 3. The van der Waals surface area contributed by atoms with Gasteiger partial charge in [-0.05, 0) is 50.3 Å². The zero-order valence-corrected chi connectivity index (χ0v) is 16.2. The van der Waals surface area contributed by atoms with Crippen LogP contribution in [0, 0.1) is 5.92 Å². The van der Waals surface area contributed by atoms with Crippen LogP contribution in [0.4, 0.5) is 4.79 Å². The Morgan fingerprint density at radius 3 is 2.26 bits per heavy atom. The molecular formula is C19H29NO7. The summed E-state index contributed by atoms with van der Waals surface area (Å²) in [6, 6.07) is 3.21. The van der Waals surface area contributed by atoms with Gasteiger partial charge in [-0.1, -0.05) is 19.9 Å². The number of benzene rings is 1. The molecule has 0 spiro atoms. The standard InChI is InChI=1S/C19H29NO7/c1-11(2)7-8-25-19(24)27-13(4)12(3)26-18(23)15(20)9-14-5-6-16(21)17(22)10-14/h5-6,10-13,15,21-22H,7-9,20H2,1-4H3/t12-,13+,15+/m1/s1. The predicted octanol–water partition coefficient (Wildman–Crippen LogP) is 2.49. The number of phenols is 2. The Hall–Kier alpha value is -2.48. The van der Waals surface area contributed by atoms with E-state index in [1.165, 1.54) is 12.1 Å². The minimum Gasteiger partial charge on any atom is -0.504 e. The minimum absolute atomic E-state index is 0.117. The molecular weight excluding hydrogens is 354 g/mol. The normalized spacial score (nSPS) is 14.3. The van der Waals surface area contributed by atoms with Gasteiger partial charge in [0.25, 0.3) is 0 Å². The van der Waals surface area contributed by atoms with E-state index in [0.29, 0.717) is 11.5 Å². The van der Waals surface area contributed by atoms with Gasteiger partial charge < -0.3 is 30.2 Å². The number of carbonyl (C=O) groups excluding carboxylic acids is 2. The van der Waals surface area contributed by atoms with Gasteiger partial charge in [-0.3, -0.25) is 4.79 Å². The third kappa shape index (κ3) is 8.17. The van der Waals surface area contributed by atoms with Crippen LogP contribution in [-0.2, 0) is 25.4 Å². The van der Waals surface area contributed by atoms with Crippen molar-refractivity contribution >= 4 is 12.1 Å². The maximum Gasteiger partial charge on any atom is 0.508 e. The van der Waals surface area contributed by atoms with E-state index in [9.17, 15) is 19.8 Å². The number of carbonyl (C=O) groups is 2. The number of rotatable bonds is 9. The zero-order valence-electron chi connectivity index (χ0n) is 16.2. The topological polar surface area (TPSA) is 128 Å². The largest absolute Gasteiger partial charge is 0.508 e. The van der Waals surface area contributed by atoms with Crippen molar-refractivity contribution in [3.63, 3.8) is 0 Å². The Kier molecular flexibility index (Phi) is 8.87. The first-order chi connectivity index (χ1) is 12.6. The molecule has 27 heavy (non-hydrogen) atoms. The monoisotopic (exact) mass is 383 g/mol. The molecule has 0 aliphatic rings. The number of nitrogens with two attached hydrogens (primary N) is 1. The maximum absolute atomic E-state index is 12.1. The summed E-state index contributed by atoms with van der Waals surface area (Å²) in [6.45, 7) is 7.47. The molecule has 0 amide bonds. The lowest BCUT2D eigenvalue weighted by molar-refractivity contribution is -0.155. The third-order valence-corrected chi connectivity index (χ3v) is 3.96. The summed E-state index contributed by atoms with van der Waals surface area (Å²) < 4.78 is 15.3. The van der Waals surface area contributed by atoms with Gasteiger partial charge in [-0.2, -0.15) is 0 Å². The number of hydrogen-bond acceptors (Lipinski definition) is 8. The summed E-state index contributed by atoms with van der Waals surface area (Å²) in [4.78, 5) is 23.7. The SMILES string of the molecule is CC(C)CCOC(=O)O[C@@H](C)[C@@H](C)OC(=O)[C@@H](N)Cc1ccc(O)c(O)c1. The van der Waals surface area contributed by atoms with Crippen LogP contribution in [-0.4, -0.2) is 47.2 Å². The second-order valence-corrected chi connectivity index (χ2v) is 6.88. The Bertz CT molecular complexity index is 632. The smallest absolute Gasteiger partial charge is 0.504 e. The number of phenolic OH excluding ortho intramolecular Hbond substituents is 2. The Morgan fingerprint density at radius 2 is 1.67 bits per heavy atom. The molecule has 0 saturated carbocycles. The average molecular weight is 383 g/mol. The molecule has 4 N–H and O–H groups in total. The lowest BCUT2D eigenvalue weighted by Gasteiger charge is -2.22. The van der Waals surface area contributed by atoms with Crippen LogP contribution in [0.3, 0.4) is 0 Å². The highest BCUT2D eigenvalue weighted by Gasteiger charge is 2.24. The second kappa shape index (κ2) is 10.6. The molecule has 0 aromatic heterocycles. The minimum atomic E-state index is -0.971. The molecule has 8 nitrogen and oxygen atoms in total. The quantitative estimate of drug-likeness (QED) is 0.438. The molecule has 0 aliphatic carbocycles. The van der Waals surface area contributed by atoms with Gasteiger partial charge in [0.2, 0.25) is 0 Å². The Morgan fingerprint density at radius 1 is 1.04 bits per heavy atom. The molecule has 0 aliphatic heterocycles. The van der Waals surface area contributed by atoms with Crippen molar-refractivity contribution in [3.05, 3.63) is 23.8 Å². The first-order valence-corrected chi connectivity index (χ1v) is 8.90. The lowest BCUT2D eigenvalue weighted by atomic mass is 10.1. The van der Waals surface area contributed by atoms with Crippen LogP contribution >= 0.6 is 0 Å².